The lowest BCUT2D eigenvalue weighted by Gasteiger charge is -2.13. The molecule has 252 valence electrons. The van der Waals surface area contributed by atoms with Gasteiger partial charge in [-0.05, 0) is 53.4 Å². The van der Waals surface area contributed by atoms with Crippen molar-refractivity contribution >= 4 is 105 Å². The fourth-order valence-corrected chi connectivity index (χ4v) is 5.83. The molecule has 19 nitrogen and oxygen atoms in total. The summed E-state index contributed by atoms with van der Waals surface area (Å²) in [6, 6.07) is 9.08. The van der Waals surface area contributed by atoms with E-state index in [0.717, 1.165) is 0 Å². The number of nitrogen functional groups attached to an aromatic ring is 1. The van der Waals surface area contributed by atoms with Crippen molar-refractivity contribution in [2.24, 2.45) is 10.2 Å². The van der Waals surface area contributed by atoms with Gasteiger partial charge in [0.2, 0.25) is 17.2 Å². The van der Waals surface area contributed by atoms with Crippen molar-refractivity contribution in [2.75, 3.05) is 41.0 Å². The maximum absolute atomic E-state index is 10.8. The molecule has 0 atom stereocenters. The first-order valence-corrected chi connectivity index (χ1v) is 16.3. The minimum absolute atomic E-state index is 0.000468. The molecule has 0 saturated heterocycles. The van der Waals surface area contributed by atoms with Crippen molar-refractivity contribution < 1.29 is 54.1 Å². The fourth-order valence-electron chi connectivity index (χ4n) is 3.70. The second-order valence-electron chi connectivity index (χ2n) is 8.38. The molecular formula is C23H23ClN8O11S4. The molecule has 1 aromatic heterocycles. The number of hydrogen-bond acceptors (Lipinski definition) is 23. The Labute approximate surface area is 286 Å². The summed E-state index contributed by atoms with van der Waals surface area (Å²) >= 11 is 9.39. The van der Waals surface area contributed by atoms with Crippen LogP contribution < -0.4 is 16.4 Å². The van der Waals surface area contributed by atoms with Gasteiger partial charge in [0.1, 0.15) is 17.1 Å². The first-order chi connectivity index (χ1) is 22.9. The Morgan fingerprint density at radius 2 is 1.57 bits per heavy atom. The van der Waals surface area contributed by atoms with E-state index in [0.29, 0.717) is 70.1 Å². The number of anilines is 4. The Morgan fingerprint density at radius 3 is 2.32 bits per heavy atom. The highest BCUT2D eigenvalue weighted by molar-refractivity contribution is 7.99. The molecule has 0 amide bonds. The van der Waals surface area contributed by atoms with Crippen LogP contribution in [0.15, 0.2) is 61.3 Å². The smallest absolute Gasteiger partial charge is 0.233 e. The molecule has 0 aliphatic carbocycles. The standard InChI is InChI=1S/C23H23ClN8O11S4/c24-21-28-22(26-3-5-44-6-4-33)30-23(29-21)27-12-1-2-14(16(9-12)46-42-39-36)31-32-20-18-11(8-17(19(20)25)47-43-40-37)7-13(10-15(18)34)45-41-38-35/h1-2,7-10,33-37H,3-6,25H2,(H2,26,27,28,29,30). The number of azo groups is 1. The minimum Gasteiger partial charge on any atom is -0.507 e. The number of nitrogens with zero attached hydrogens (tertiary/aromatic N) is 5. The molecule has 0 bridgehead atoms. The number of aliphatic hydroxyl groups is 1. The van der Waals surface area contributed by atoms with Gasteiger partial charge in [-0.15, -0.1) is 23.2 Å². The monoisotopic (exact) mass is 750 g/mol. The molecule has 0 aliphatic rings. The van der Waals surface area contributed by atoms with Gasteiger partial charge in [-0.1, -0.05) is 15.1 Å². The Hall–Kier alpha value is -2.98. The van der Waals surface area contributed by atoms with Gasteiger partial charge in [-0.2, -0.15) is 26.7 Å². The van der Waals surface area contributed by atoms with Crippen molar-refractivity contribution in [1.82, 2.24) is 15.0 Å². The maximum Gasteiger partial charge on any atom is 0.233 e. The summed E-state index contributed by atoms with van der Waals surface area (Å²) in [5.74, 6) is 1.40. The highest BCUT2D eigenvalue weighted by atomic mass is 35.5. The van der Waals surface area contributed by atoms with E-state index in [2.05, 4.69) is 63.9 Å². The van der Waals surface area contributed by atoms with Crippen molar-refractivity contribution in [3.05, 3.63) is 41.7 Å². The number of nitrogens with one attached hydrogen (secondary N) is 2. The summed E-state index contributed by atoms with van der Waals surface area (Å²) in [5.41, 5.74) is 6.98. The van der Waals surface area contributed by atoms with E-state index in [1.165, 1.54) is 18.2 Å². The summed E-state index contributed by atoms with van der Waals surface area (Å²) in [6.07, 6.45) is 0. The molecule has 0 fully saturated rings. The molecule has 0 aliphatic heterocycles. The third kappa shape index (κ3) is 10.8. The predicted octanol–water partition coefficient (Wildman–Crippen LogP) is 6.55. The third-order valence-corrected chi connectivity index (χ3v) is 8.45. The molecule has 0 radical (unpaired) electrons. The minimum atomic E-state index is -0.275. The lowest BCUT2D eigenvalue weighted by molar-refractivity contribution is -0.432. The molecular weight excluding hydrogens is 728 g/mol. The predicted molar refractivity (Wildman–Crippen MR) is 174 cm³/mol. The lowest BCUT2D eigenvalue weighted by Crippen LogP contribution is -2.10. The Bertz CT molecular complexity index is 1680. The molecule has 3 aromatic carbocycles. The number of fused-ring (bicyclic) bond motifs is 1. The first-order valence-electron chi connectivity index (χ1n) is 12.6. The van der Waals surface area contributed by atoms with E-state index in [4.69, 9.17) is 38.2 Å². The normalized spacial score (nSPS) is 11.5. The van der Waals surface area contributed by atoms with Gasteiger partial charge in [0.25, 0.3) is 0 Å². The average molecular weight is 751 g/mol. The molecule has 0 saturated carbocycles. The van der Waals surface area contributed by atoms with E-state index in [9.17, 15) is 5.11 Å². The number of aromatic hydroxyl groups is 1. The highest BCUT2D eigenvalue weighted by Crippen LogP contribution is 2.46. The van der Waals surface area contributed by atoms with Crippen LogP contribution in [0.2, 0.25) is 5.28 Å². The zero-order chi connectivity index (χ0) is 33.6. The van der Waals surface area contributed by atoms with E-state index >= 15 is 0 Å². The summed E-state index contributed by atoms with van der Waals surface area (Å²) < 4.78 is 13.6. The number of benzene rings is 3. The lowest BCUT2D eigenvalue weighted by atomic mass is 10.1. The second-order valence-corrected chi connectivity index (χ2v) is 12.2. The Morgan fingerprint density at radius 1 is 0.851 bits per heavy atom. The van der Waals surface area contributed by atoms with Crippen molar-refractivity contribution in [1.29, 1.82) is 0 Å². The number of hydrogen-bond donors (Lipinski definition) is 8. The van der Waals surface area contributed by atoms with Gasteiger partial charge < -0.3 is 26.6 Å². The van der Waals surface area contributed by atoms with Crippen LogP contribution >= 0.6 is 59.5 Å². The number of thioether (sulfide) groups is 1. The van der Waals surface area contributed by atoms with Gasteiger partial charge in [0.05, 0.1) is 63.6 Å². The summed E-state index contributed by atoms with van der Waals surface area (Å²) in [4.78, 5) is 13.3. The summed E-state index contributed by atoms with van der Waals surface area (Å²) in [7, 11) is 0. The van der Waals surface area contributed by atoms with Crippen molar-refractivity contribution in [2.45, 2.75) is 14.7 Å². The topological polar surface area (TPSA) is 270 Å². The number of nitrogens with two attached hydrogens (primary N) is 1. The fraction of sp³-hybridized carbons (Fsp3) is 0.174. The zero-order valence-corrected chi connectivity index (χ0v) is 27.3. The Kier molecular flexibility index (Phi) is 15.0. The largest absolute Gasteiger partial charge is 0.507 e. The van der Waals surface area contributed by atoms with Crippen LogP contribution in [0.25, 0.3) is 10.8 Å². The second kappa shape index (κ2) is 19.1. The maximum atomic E-state index is 10.8. The van der Waals surface area contributed by atoms with Crippen LogP contribution in [0.3, 0.4) is 0 Å². The molecule has 4 rings (SSSR count). The SMILES string of the molecule is Nc1c(SOOO)cc2cc(SOOO)cc(O)c2c1N=Nc1ccc(Nc2nc(Cl)nc(NCCSCCO)n2)cc1SOOO. The summed E-state index contributed by atoms with van der Waals surface area (Å²) in [6.45, 7) is 0.612. The van der Waals surface area contributed by atoms with Crippen molar-refractivity contribution in [3.8, 4) is 5.75 Å². The van der Waals surface area contributed by atoms with Crippen LogP contribution in [0.5, 0.6) is 5.75 Å². The van der Waals surface area contributed by atoms with Crippen LogP contribution in [-0.4, -0.2) is 65.6 Å². The number of halogens is 1. The number of phenols is 1. The van der Waals surface area contributed by atoms with Gasteiger partial charge in [0.15, 0.2) is 0 Å². The van der Waals surface area contributed by atoms with Gasteiger partial charge in [-0.3, -0.25) is 0 Å². The molecule has 0 unspecified atom stereocenters. The van der Waals surface area contributed by atoms with Crippen LogP contribution in [0, 0.1) is 0 Å². The molecule has 0 spiro atoms. The van der Waals surface area contributed by atoms with Crippen molar-refractivity contribution in [3.63, 3.8) is 0 Å². The van der Waals surface area contributed by atoms with E-state index in [1.807, 2.05) is 0 Å². The number of aromatic nitrogens is 3. The van der Waals surface area contributed by atoms with E-state index in [1.54, 1.807) is 30.0 Å². The van der Waals surface area contributed by atoms with Gasteiger partial charge in [0, 0.05) is 28.6 Å². The number of aliphatic hydroxyl groups excluding tert-OH is 1. The molecule has 47 heavy (non-hydrogen) atoms. The molecule has 24 heteroatoms. The first kappa shape index (κ1) is 36.8. The van der Waals surface area contributed by atoms with Crippen LogP contribution in [-0.2, 0) is 28.1 Å². The zero-order valence-electron chi connectivity index (χ0n) is 23.3. The van der Waals surface area contributed by atoms with E-state index < -0.39 is 0 Å². The summed E-state index contributed by atoms with van der Waals surface area (Å²) in [5, 5.41) is 71.8. The van der Waals surface area contributed by atoms with E-state index in [-0.39, 0.29) is 61.8 Å². The molecule has 1 heterocycles. The van der Waals surface area contributed by atoms with Gasteiger partial charge >= 0.3 is 0 Å². The quantitative estimate of drug-likeness (QED) is 0.0126. The highest BCUT2D eigenvalue weighted by Gasteiger charge is 2.18. The third-order valence-electron chi connectivity index (χ3n) is 5.48. The van der Waals surface area contributed by atoms with Gasteiger partial charge in [-0.25, -0.2) is 15.8 Å². The van der Waals surface area contributed by atoms with Crippen LogP contribution in [0.4, 0.5) is 34.6 Å². The van der Waals surface area contributed by atoms with Crippen LogP contribution in [0.1, 0.15) is 0 Å². The molecule has 4 aromatic rings. The number of rotatable bonds is 19. The number of phenolic OH excluding ortho intramolecular Hbond substituents is 1. The molecule has 9 N–H and O–H groups in total. The average Bonchev–Trinajstić information content (AvgIpc) is 3.05. The Balaban J connectivity index is 1.65.